The summed E-state index contributed by atoms with van der Waals surface area (Å²) in [6, 6.07) is 0. The van der Waals surface area contributed by atoms with Crippen molar-refractivity contribution in [2.24, 2.45) is 0 Å². The molecule has 0 aromatic rings. The summed E-state index contributed by atoms with van der Waals surface area (Å²) in [5, 5.41) is 0. The van der Waals surface area contributed by atoms with E-state index in [9.17, 15) is 19.1 Å². The molecule has 0 aliphatic rings. The standard InChI is InChI=1S/C4H8O2.C3H9O4P.2K/c1-4(2)6-3-5;1-3(2)7-8(4,5)6;;/h3-4H,1-2H3;3H,1-2H3,(H2,4,5,6);;/q;;2*+1/p-2. The molecule has 0 saturated carbocycles. The summed E-state index contributed by atoms with van der Waals surface area (Å²) in [5.74, 6) is 0. The van der Waals surface area contributed by atoms with Gasteiger partial charge in [0.2, 0.25) is 0 Å². The van der Waals surface area contributed by atoms with E-state index < -0.39 is 13.9 Å². The van der Waals surface area contributed by atoms with Crippen LogP contribution < -0.4 is 113 Å². The van der Waals surface area contributed by atoms with E-state index in [0.29, 0.717) is 6.47 Å². The normalized spacial score (nSPS) is 9.50. The number of ether oxygens (including phenoxy) is 1. The molecule has 0 aromatic carbocycles. The Kier molecular flexibility index (Phi) is 27.1. The number of phosphoric ester groups is 1. The van der Waals surface area contributed by atoms with Gasteiger partial charge in [0, 0.05) is 0 Å². The molecule has 0 fully saturated rings. The van der Waals surface area contributed by atoms with Gasteiger partial charge in [0.05, 0.1) is 20.0 Å². The van der Waals surface area contributed by atoms with Gasteiger partial charge in [-0.1, -0.05) is 0 Å². The SMILES string of the molecule is CC(C)OC=O.CC(C)OP(=O)([O-])[O-].[K+].[K+]. The van der Waals surface area contributed by atoms with Crippen molar-refractivity contribution < 1.29 is 131 Å². The summed E-state index contributed by atoms with van der Waals surface area (Å²) in [7, 11) is -4.72. The Labute approximate surface area is 181 Å². The van der Waals surface area contributed by atoms with Gasteiger partial charge < -0.3 is 23.6 Å². The summed E-state index contributed by atoms with van der Waals surface area (Å²) in [5.41, 5.74) is 0. The monoisotopic (exact) mass is 304 g/mol. The predicted molar refractivity (Wildman–Crippen MR) is 46.1 cm³/mol. The van der Waals surface area contributed by atoms with Crippen LogP contribution in [-0.2, 0) is 18.6 Å². The minimum atomic E-state index is -4.72. The zero-order chi connectivity index (χ0) is 11.8. The largest absolute Gasteiger partial charge is 1.00 e. The molecule has 0 saturated heterocycles. The molecule has 0 aliphatic heterocycles. The maximum absolute atomic E-state index is 9.69. The first-order chi connectivity index (χ1) is 6.19. The predicted octanol–water partition coefficient (Wildman–Crippen LogP) is -6.18. The number of carbonyl (C=O) groups is 1. The van der Waals surface area contributed by atoms with Crippen LogP contribution in [0.2, 0.25) is 0 Å². The molecule has 0 bridgehead atoms. The zero-order valence-electron chi connectivity index (χ0n) is 10.6. The second-order valence-electron chi connectivity index (χ2n) is 2.88. The van der Waals surface area contributed by atoms with Gasteiger partial charge in [-0.15, -0.1) is 0 Å². The fraction of sp³-hybridized carbons (Fsp3) is 0.857. The third kappa shape index (κ3) is 36.0. The van der Waals surface area contributed by atoms with Gasteiger partial charge in [0.1, 0.15) is 0 Å². The van der Waals surface area contributed by atoms with Crippen LogP contribution in [0.3, 0.4) is 0 Å². The third-order valence-corrected chi connectivity index (χ3v) is 1.35. The summed E-state index contributed by atoms with van der Waals surface area (Å²) in [4.78, 5) is 28.8. The van der Waals surface area contributed by atoms with Crippen LogP contribution in [0, 0.1) is 0 Å². The van der Waals surface area contributed by atoms with Gasteiger partial charge in [-0.05, 0) is 27.7 Å². The van der Waals surface area contributed by atoms with E-state index in [4.69, 9.17) is 0 Å². The van der Waals surface area contributed by atoms with Crippen molar-refractivity contribution in [3.8, 4) is 0 Å². The van der Waals surface area contributed by atoms with Crippen LogP contribution >= 0.6 is 7.82 Å². The first kappa shape index (κ1) is 27.2. The van der Waals surface area contributed by atoms with Gasteiger partial charge in [0.25, 0.3) is 6.47 Å². The maximum Gasteiger partial charge on any atom is 1.00 e. The van der Waals surface area contributed by atoms with E-state index in [1.807, 2.05) is 0 Å². The third-order valence-electron chi connectivity index (χ3n) is 0.668. The molecule has 9 heteroatoms. The molecule has 6 nitrogen and oxygen atoms in total. The van der Waals surface area contributed by atoms with Gasteiger partial charge >= 0.3 is 103 Å². The number of hydrogen-bond donors (Lipinski definition) is 0. The van der Waals surface area contributed by atoms with Gasteiger partial charge in [-0.3, -0.25) is 4.79 Å². The van der Waals surface area contributed by atoms with Crippen LogP contribution in [0.1, 0.15) is 27.7 Å². The molecule has 16 heavy (non-hydrogen) atoms. The molecular weight excluding hydrogens is 289 g/mol. The average molecular weight is 304 g/mol. The minimum Gasteiger partial charge on any atom is -0.790 e. The van der Waals surface area contributed by atoms with Crippen LogP contribution in [0.15, 0.2) is 0 Å². The Hall–Kier alpha value is 2.85. The maximum atomic E-state index is 9.69. The molecule has 0 rings (SSSR count). The van der Waals surface area contributed by atoms with Crippen molar-refractivity contribution in [1.29, 1.82) is 0 Å². The first-order valence-electron chi connectivity index (χ1n) is 3.98. The number of rotatable bonds is 4. The quantitative estimate of drug-likeness (QED) is 0.291. The van der Waals surface area contributed by atoms with Crippen molar-refractivity contribution in [3.05, 3.63) is 0 Å². The number of carbonyl (C=O) groups excluding carboxylic acids is 1. The molecule has 0 radical (unpaired) electrons. The average Bonchev–Trinajstić information content (AvgIpc) is 1.80. The molecule has 0 unspecified atom stereocenters. The van der Waals surface area contributed by atoms with Gasteiger partial charge in [0.15, 0.2) is 0 Å². The Morgan fingerprint density at radius 1 is 1.06 bits per heavy atom. The van der Waals surface area contributed by atoms with Crippen LogP contribution in [0.4, 0.5) is 0 Å². The number of phosphoric acid groups is 1. The molecule has 0 aliphatic carbocycles. The molecule has 0 aromatic heterocycles. The van der Waals surface area contributed by atoms with Crippen LogP contribution in [0.25, 0.3) is 0 Å². The molecule has 0 atom stereocenters. The topological polar surface area (TPSA) is 98.7 Å². The fourth-order valence-corrected chi connectivity index (χ4v) is 0.886. The first-order valence-corrected chi connectivity index (χ1v) is 5.44. The Bertz CT molecular complexity index is 193. The van der Waals surface area contributed by atoms with Crippen molar-refractivity contribution in [2.75, 3.05) is 0 Å². The summed E-state index contributed by atoms with van der Waals surface area (Å²) >= 11 is 0. The van der Waals surface area contributed by atoms with Gasteiger partial charge in [-0.25, -0.2) is 0 Å². The summed E-state index contributed by atoms with van der Waals surface area (Å²) < 4.78 is 17.9. The van der Waals surface area contributed by atoms with Crippen molar-refractivity contribution in [2.45, 2.75) is 39.9 Å². The zero-order valence-corrected chi connectivity index (χ0v) is 17.8. The van der Waals surface area contributed by atoms with E-state index in [1.54, 1.807) is 13.8 Å². The van der Waals surface area contributed by atoms with Crippen molar-refractivity contribution in [1.82, 2.24) is 0 Å². The van der Waals surface area contributed by atoms with E-state index >= 15 is 0 Å². The summed E-state index contributed by atoms with van der Waals surface area (Å²) in [6.45, 7) is 7.00. The second kappa shape index (κ2) is 15.9. The molecule has 86 valence electrons. The molecule has 0 spiro atoms. The fourth-order valence-electron chi connectivity index (χ4n) is 0.369. The van der Waals surface area contributed by atoms with Crippen LogP contribution in [-0.4, -0.2) is 18.7 Å². The van der Waals surface area contributed by atoms with E-state index in [1.165, 1.54) is 13.8 Å². The Morgan fingerprint density at radius 3 is 1.44 bits per heavy atom. The van der Waals surface area contributed by atoms with Crippen molar-refractivity contribution >= 4 is 14.3 Å². The Morgan fingerprint density at radius 2 is 1.44 bits per heavy atom. The number of hydrogen-bond acceptors (Lipinski definition) is 6. The summed E-state index contributed by atoms with van der Waals surface area (Å²) in [6.07, 6.45) is -0.515. The smallest absolute Gasteiger partial charge is 0.790 e. The molecule has 0 amide bonds. The molecule has 0 heterocycles. The van der Waals surface area contributed by atoms with Crippen LogP contribution in [0.5, 0.6) is 0 Å². The molecular formula is C7H15K2O6P. The second-order valence-corrected chi connectivity index (χ2v) is 3.99. The minimum absolute atomic E-state index is 0. The van der Waals surface area contributed by atoms with E-state index in [0.717, 1.165) is 0 Å². The van der Waals surface area contributed by atoms with Crippen molar-refractivity contribution in [3.63, 3.8) is 0 Å². The Balaban J connectivity index is -0.0000000825. The van der Waals surface area contributed by atoms with E-state index in [2.05, 4.69) is 9.26 Å². The molecule has 0 N–H and O–H groups in total. The van der Waals surface area contributed by atoms with Gasteiger partial charge in [-0.2, -0.15) is 0 Å². The van der Waals surface area contributed by atoms with E-state index in [-0.39, 0.29) is 109 Å².